The number of anilines is 1. The standard InChI is InChI=1S/C32H37N3O2S/c1-32(2,3)20-24-12-10-23(11-13-24)18-19-33-27-16-14-25(15-17-27)28-22-38-29(34-28)21-35(4)30(31(36)37)26-8-6-5-7-9-26/h5-17,22,30,33H,18-21H2,1-4H3,(H,36,37). The highest BCUT2D eigenvalue weighted by atomic mass is 32.1. The van der Waals surface area contributed by atoms with Gasteiger partial charge in [0, 0.05) is 23.2 Å². The number of hydrogen-bond donors (Lipinski definition) is 2. The van der Waals surface area contributed by atoms with Gasteiger partial charge in [-0.3, -0.25) is 9.69 Å². The molecule has 1 aromatic heterocycles. The molecule has 3 aromatic carbocycles. The number of aliphatic carboxylic acids is 1. The Morgan fingerprint density at radius 3 is 2.26 bits per heavy atom. The van der Waals surface area contributed by atoms with Gasteiger partial charge in [0.05, 0.1) is 12.2 Å². The molecular weight excluding hydrogens is 490 g/mol. The van der Waals surface area contributed by atoms with Crippen LogP contribution in [0.1, 0.15) is 48.5 Å². The minimum absolute atomic E-state index is 0.303. The second-order valence-electron chi connectivity index (χ2n) is 11.0. The number of benzene rings is 3. The molecule has 0 fully saturated rings. The number of aromatic nitrogens is 1. The predicted octanol–water partition coefficient (Wildman–Crippen LogP) is 7.31. The van der Waals surface area contributed by atoms with E-state index in [0.717, 1.165) is 46.9 Å². The maximum absolute atomic E-state index is 11.9. The number of hydrogen-bond acceptors (Lipinski definition) is 5. The first-order chi connectivity index (χ1) is 18.2. The van der Waals surface area contributed by atoms with Crippen molar-refractivity contribution in [1.29, 1.82) is 0 Å². The van der Waals surface area contributed by atoms with Crippen molar-refractivity contribution in [3.05, 3.63) is 106 Å². The number of nitrogens with one attached hydrogen (secondary N) is 1. The molecule has 1 heterocycles. The Balaban J connectivity index is 1.30. The van der Waals surface area contributed by atoms with Crippen LogP contribution in [0.15, 0.2) is 84.2 Å². The Bertz CT molecular complexity index is 1310. The van der Waals surface area contributed by atoms with Gasteiger partial charge >= 0.3 is 5.97 Å². The van der Waals surface area contributed by atoms with E-state index in [1.54, 1.807) is 11.3 Å². The first-order valence-corrected chi connectivity index (χ1v) is 13.9. The zero-order valence-electron chi connectivity index (χ0n) is 22.6. The SMILES string of the molecule is CN(Cc1nc(-c2ccc(NCCc3ccc(CC(C)(C)C)cc3)cc2)cs1)C(C(=O)O)c1ccccc1. The molecule has 0 saturated carbocycles. The van der Waals surface area contributed by atoms with Crippen molar-refractivity contribution in [2.45, 2.75) is 46.2 Å². The highest BCUT2D eigenvalue weighted by Gasteiger charge is 2.25. The lowest BCUT2D eigenvalue weighted by molar-refractivity contribution is -0.143. The van der Waals surface area contributed by atoms with E-state index in [-0.39, 0.29) is 0 Å². The summed E-state index contributed by atoms with van der Waals surface area (Å²) in [6.07, 6.45) is 2.06. The molecule has 0 spiro atoms. The fraction of sp³-hybridized carbons (Fsp3) is 0.312. The highest BCUT2D eigenvalue weighted by molar-refractivity contribution is 7.09. The highest BCUT2D eigenvalue weighted by Crippen LogP contribution is 2.27. The summed E-state index contributed by atoms with van der Waals surface area (Å²) in [5.41, 5.74) is 6.83. The van der Waals surface area contributed by atoms with Crippen molar-refractivity contribution in [2.24, 2.45) is 5.41 Å². The zero-order valence-corrected chi connectivity index (χ0v) is 23.5. The number of thiazole rings is 1. The van der Waals surface area contributed by atoms with Gasteiger partial charge in [0.2, 0.25) is 0 Å². The molecular formula is C32H37N3O2S. The van der Waals surface area contributed by atoms with E-state index < -0.39 is 12.0 Å². The van der Waals surface area contributed by atoms with E-state index in [4.69, 9.17) is 4.98 Å². The van der Waals surface area contributed by atoms with Crippen molar-refractivity contribution < 1.29 is 9.90 Å². The van der Waals surface area contributed by atoms with E-state index in [9.17, 15) is 9.90 Å². The Morgan fingerprint density at radius 1 is 0.974 bits per heavy atom. The fourth-order valence-corrected chi connectivity index (χ4v) is 5.45. The zero-order chi connectivity index (χ0) is 27.1. The molecule has 0 amide bonds. The maximum Gasteiger partial charge on any atom is 0.325 e. The minimum atomic E-state index is -0.865. The van der Waals surface area contributed by atoms with Crippen LogP contribution in [0.5, 0.6) is 0 Å². The van der Waals surface area contributed by atoms with Gasteiger partial charge < -0.3 is 10.4 Å². The third-order valence-corrected chi connectivity index (χ3v) is 7.24. The van der Waals surface area contributed by atoms with E-state index in [1.165, 1.54) is 11.1 Å². The summed E-state index contributed by atoms with van der Waals surface area (Å²) < 4.78 is 0. The summed E-state index contributed by atoms with van der Waals surface area (Å²) in [6, 6.07) is 25.9. The summed E-state index contributed by atoms with van der Waals surface area (Å²) in [6.45, 7) is 8.15. The molecule has 38 heavy (non-hydrogen) atoms. The Kier molecular flexibility index (Phi) is 8.97. The molecule has 198 valence electrons. The number of carboxylic acid groups (broad SMARTS) is 1. The van der Waals surface area contributed by atoms with Crippen molar-refractivity contribution in [3.63, 3.8) is 0 Å². The van der Waals surface area contributed by atoms with Crippen LogP contribution in [0.25, 0.3) is 11.3 Å². The van der Waals surface area contributed by atoms with Crippen molar-refractivity contribution >= 4 is 23.0 Å². The molecule has 0 bridgehead atoms. The molecule has 4 rings (SSSR count). The number of carboxylic acids is 1. The summed E-state index contributed by atoms with van der Waals surface area (Å²) in [4.78, 5) is 18.5. The molecule has 0 saturated heterocycles. The summed E-state index contributed by atoms with van der Waals surface area (Å²) in [5, 5.41) is 16.2. The Hall–Kier alpha value is -3.48. The molecule has 6 heteroatoms. The van der Waals surface area contributed by atoms with Crippen LogP contribution in [0, 0.1) is 5.41 Å². The third kappa shape index (κ3) is 7.76. The van der Waals surface area contributed by atoms with Gasteiger partial charge in [-0.05, 0) is 54.1 Å². The monoisotopic (exact) mass is 527 g/mol. The molecule has 0 radical (unpaired) electrons. The molecule has 2 N–H and O–H groups in total. The summed E-state index contributed by atoms with van der Waals surface area (Å²) >= 11 is 1.56. The van der Waals surface area contributed by atoms with Crippen molar-refractivity contribution in [2.75, 3.05) is 18.9 Å². The molecule has 5 nitrogen and oxygen atoms in total. The van der Waals surface area contributed by atoms with Crippen LogP contribution in [0.3, 0.4) is 0 Å². The van der Waals surface area contributed by atoms with Crippen LogP contribution in [0.4, 0.5) is 5.69 Å². The average Bonchev–Trinajstić information content (AvgIpc) is 3.33. The van der Waals surface area contributed by atoms with Crippen LogP contribution >= 0.6 is 11.3 Å². The number of rotatable bonds is 11. The molecule has 1 unspecified atom stereocenters. The predicted molar refractivity (Wildman–Crippen MR) is 158 cm³/mol. The second kappa shape index (κ2) is 12.4. The van der Waals surface area contributed by atoms with E-state index in [1.807, 2.05) is 47.7 Å². The number of nitrogens with zero attached hydrogens (tertiary/aromatic N) is 2. The Labute approximate surface area is 230 Å². The smallest absolute Gasteiger partial charge is 0.325 e. The van der Waals surface area contributed by atoms with Crippen LogP contribution in [-0.2, 0) is 24.2 Å². The van der Waals surface area contributed by atoms with Gasteiger partial charge in [-0.2, -0.15) is 0 Å². The Morgan fingerprint density at radius 2 is 1.63 bits per heavy atom. The van der Waals surface area contributed by atoms with Crippen LogP contribution < -0.4 is 5.32 Å². The van der Waals surface area contributed by atoms with Gasteiger partial charge in [0.25, 0.3) is 0 Å². The summed E-state index contributed by atoms with van der Waals surface area (Å²) in [7, 11) is 1.83. The topological polar surface area (TPSA) is 65.5 Å². The second-order valence-corrected chi connectivity index (χ2v) is 11.9. The van der Waals surface area contributed by atoms with Crippen molar-refractivity contribution in [3.8, 4) is 11.3 Å². The average molecular weight is 528 g/mol. The molecule has 0 aliphatic heterocycles. The van der Waals surface area contributed by atoms with Crippen molar-refractivity contribution in [1.82, 2.24) is 9.88 Å². The van der Waals surface area contributed by atoms with E-state index >= 15 is 0 Å². The van der Waals surface area contributed by atoms with Gasteiger partial charge in [-0.1, -0.05) is 87.5 Å². The lowest BCUT2D eigenvalue weighted by Gasteiger charge is -2.23. The van der Waals surface area contributed by atoms with Gasteiger partial charge in [0.15, 0.2) is 0 Å². The fourth-order valence-electron chi connectivity index (χ4n) is 4.59. The lowest BCUT2D eigenvalue weighted by atomic mass is 9.88. The molecule has 4 aromatic rings. The van der Waals surface area contributed by atoms with Gasteiger partial charge in [0.1, 0.15) is 11.0 Å². The quantitative estimate of drug-likeness (QED) is 0.214. The van der Waals surface area contributed by atoms with Crippen LogP contribution in [0.2, 0.25) is 0 Å². The normalized spacial score (nSPS) is 12.4. The third-order valence-electron chi connectivity index (χ3n) is 6.41. The van der Waals surface area contributed by atoms with Gasteiger partial charge in [-0.15, -0.1) is 11.3 Å². The van der Waals surface area contributed by atoms with E-state index in [0.29, 0.717) is 12.0 Å². The first-order valence-electron chi connectivity index (χ1n) is 13.0. The minimum Gasteiger partial charge on any atom is -0.480 e. The van der Waals surface area contributed by atoms with Gasteiger partial charge in [-0.25, -0.2) is 4.98 Å². The maximum atomic E-state index is 11.9. The number of likely N-dealkylation sites (N-methyl/N-ethyl adjacent to an activating group) is 1. The van der Waals surface area contributed by atoms with E-state index in [2.05, 4.69) is 74.6 Å². The first kappa shape index (κ1) is 27.6. The lowest BCUT2D eigenvalue weighted by Crippen LogP contribution is -2.30. The molecule has 1 atom stereocenters. The molecule has 0 aliphatic carbocycles. The largest absolute Gasteiger partial charge is 0.480 e. The number of carbonyl (C=O) groups is 1. The van der Waals surface area contributed by atoms with Crippen LogP contribution in [-0.4, -0.2) is 34.6 Å². The summed E-state index contributed by atoms with van der Waals surface area (Å²) in [5.74, 6) is -0.865. The molecule has 0 aliphatic rings.